The standard InChI is InChI=1S/C6H5Cl2N/c7-5-2-1-3-6(4-5)9-8/h1-4,9H. The summed E-state index contributed by atoms with van der Waals surface area (Å²) in [6, 6.07) is 7.19. The van der Waals surface area contributed by atoms with E-state index >= 15 is 0 Å². The second-order valence-electron chi connectivity index (χ2n) is 1.60. The van der Waals surface area contributed by atoms with Gasteiger partial charge in [-0.2, -0.15) is 0 Å². The van der Waals surface area contributed by atoms with Crippen LogP contribution in [-0.4, -0.2) is 0 Å². The van der Waals surface area contributed by atoms with Crippen molar-refractivity contribution in [2.24, 2.45) is 0 Å². The zero-order chi connectivity index (χ0) is 6.69. The zero-order valence-corrected chi connectivity index (χ0v) is 6.08. The van der Waals surface area contributed by atoms with E-state index in [4.69, 9.17) is 23.4 Å². The number of hydrogen-bond donors (Lipinski definition) is 1. The summed E-state index contributed by atoms with van der Waals surface area (Å²) in [4.78, 5) is 2.46. The molecule has 0 saturated carbocycles. The van der Waals surface area contributed by atoms with Gasteiger partial charge in [0.1, 0.15) is 0 Å². The van der Waals surface area contributed by atoms with Crippen molar-refractivity contribution in [3.63, 3.8) is 0 Å². The molecular formula is C6H5Cl2N. The number of hydrogen-bond acceptors (Lipinski definition) is 1. The van der Waals surface area contributed by atoms with E-state index in [2.05, 4.69) is 4.84 Å². The van der Waals surface area contributed by atoms with Crippen molar-refractivity contribution >= 4 is 29.1 Å². The van der Waals surface area contributed by atoms with Crippen LogP contribution in [0.15, 0.2) is 24.3 Å². The summed E-state index contributed by atoms with van der Waals surface area (Å²) in [6.45, 7) is 0. The Morgan fingerprint density at radius 1 is 1.33 bits per heavy atom. The third kappa shape index (κ3) is 1.77. The lowest BCUT2D eigenvalue weighted by molar-refractivity contribution is 1.68. The Hall–Kier alpha value is -0.400. The molecule has 0 spiro atoms. The molecule has 0 unspecified atom stereocenters. The third-order valence-corrected chi connectivity index (χ3v) is 1.39. The Bertz CT molecular complexity index is 200. The lowest BCUT2D eigenvalue weighted by atomic mass is 10.3. The summed E-state index contributed by atoms with van der Waals surface area (Å²) in [7, 11) is 0. The minimum absolute atomic E-state index is 0.681. The van der Waals surface area contributed by atoms with Crippen molar-refractivity contribution < 1.29 is 0 Å². The van der Waals surface area contributed by atoms with Gasteiger partial charge >= 0.3 is 0 Å². The number of halogens is 2. The van der Waals surface area contributed by atoms with Gasteiger partial charge in [-0.05, 0) is 18.2 Å². The van der Waals surface area contributed by atoms with Crippen molar-refractivity contribution in [3.8, 4) is 0 Å². The summed E-state index contributed by atoms with van der Waals surface area (Å²) in [6.07, 6.45) is 0. The quantitative estimate of drug-likeness (QED) is 0.626. The SMILES string of the molecule is ClNc1cccc(Cl)c1. The van der Waals surface area contributed by atoms with Crippen LogP contribution in [0.5, 0.6) is 0 Å². The monoisotopic (exact) mass is 161 g/mol. The zero-order valence-electron chi connectivity index (χ0n) is 4.57. The number of rotatable bonds is 1. The van der Waals surface area contributed by atoms with Crippen molar-refractivity contribution in [2.75, 3.05) is 4.84 Å². The maximum atomic E-state index is 5.62. The Balaban J connectivity index is 2.94. The average molecular weight is 162 g/mol. The van der Waals surface area contributed by atoms with Crippen LogP contribution in [0.1, 0.15) is 0 Å². The molecule has 1 nitrogen and oxygen atoms in total. The first-order valence-electron chi connectivity index (χ1n) is 2.45. The first-order valence-corrected chi connectivity index (χ1v) is 3.21. The molecule has 9 heavy (non-hydrogen) atoms. The predicted molar refractivity (Wildman–Crippen MR) is 40.9 cm³/mol. The molecule has 0 bridgehead atoms. The molecule has 0 saturated heterocycles. The van der Waals surface area contributed by atoms with Gasteiger partial charge in [0.2, 0.25) is 0 Å². The van der Waals surface area contributed by atoms with E-state index in [1.54, 1.807) is 12.1 Å². The van der Waals surface area contributed by atoms with Gasteiger partial charge in [-0.15, -0.1) is 0 Å². The molecule has 0 atom stereocenters. The van der Waals surface area contributed by atoms with Gasteiger partial charge < -0.3 is 0 Å². The highest BCUT2D eigenvalue weighted by Crippen LogP contribution is 2.14. The van der Waals surface area contributed by atoms with Crippen LogP contribution in [-0.2, 0) is 0 Å². The molecule has 0 aliphatic carbocycles. The summed E-state index contributed by atoms with van der Waals surface area (Å²) < 4.78 is 0. The van der Waals surface area contributed by atoms with E-state index in [9.17, 15) is 0 Å². The van der Waals surface area contributed by atoms with Crippen LogP contribution in [0.4, 0.5) is 5.69 Å². The van der Waals surface area contributed by atoms with Gasteiger partial charge in [-0.25, -0.2) is 0 Å². The van der Waals surface area contributed by atoms with Crippen molar-refractivity contribution in [2.45, 2.75) is 0 Å². The van der Waals surface area contributed by atoms with Crippen LogP contribution in [0.3, 0.4) is 0 Å². The highest BCUT2D eigenvalue weighted by atomic mass is 35.5. The van der Waals surface area contributed by atoms with Crippen molar-refractivity contribution in [1.29, 1.82) is 0 Å². The molecular weight excluding hydrogens is 157 g/mol. The van der Waals surface area contributed by atoms with Crippen LogP contribution in [0.2, 0.25) is 5.02 Å². The summed E-state index contributed by atoms with van der Waals surface area (Å²) in [5, 5.41) is 0.681. The largest absolute Gasteiger partial charge is 0.298 e. The summed E-state index contributed by atoms with van der Waals surface area (Å²) in [5.74, 6) is 0. The molecule has 0 aliphatic rings. The topological polar surface area (TPSA) is 12.0 Å². The molecule has 48 valence electrons. The molecule has 3 heteroatoms. The second-order valence-corrected chi connectivity index (χ2v) is 2.23. The number of nitrogens with one attached hydrogen (secondary N) is 1. The van der Waals surface area contributed by atoms with Crippen LogP contribution < -0.4 is 4.84 Å². The second kappa shape index (κ2) is 2.95. The first kappa shape index (κ1) is 6.72. The van der Waals surface area contributed by atoms with Crippen LogP contribution in [0, 0.1) is 0 Å². The lowest BCUT2D eigenvalue weighted by Crippen LogP contribution is -1.76. The fourth-order valence-electron chi connectivity index (χ4n) is 0.547. The molecule has 0 radical (unpaired) electrons. The molecule has 0 amide bonds. The Morgan fingerprint density at radius 3 is 2.56 bits per heavy atom. The molecule has 1 N–H and O–H groups in total. The van der Waals surface area contributed by atoms with E-state index in [0.29, 0.717) is 5.02 Å². The number of benzene rings is 1. The van der Waals surface area contributed by atoms with E-state index in [1.165, 1.54) is 0 Å². The highest BCUT2D eigenvalue weighted by Gasteiger charge is 1.87. The first-order chi connectivity index (χ1) is 4.33. The Morgan fingerprint density at radius 2 is 2.11 bits per heavy atom. The van der Waals surface area contributed by atoms with E-state index in [1.807, 2.05) is 12.1 Å². The van der Waals surface area contributed by atoms with E-state index in [-0.39, 0.29) is 0 Å². The fourth-order valence-corrected chi connectivity index (χ4v) is 0.855. The molecule has 0 heterocycles. The molecule has 1 aromatic rings. The maximum Gasteiger partial charge on any atom is 0.0506 e. The smallest absolute Gasteiger partial charge is 0.0506 e. The minimum atomic E-state index is 0.681. The summed E-state index contributed by atoms with van der Waals surface area (Å²) >= 11 is 10.9. The fraction of sp³-hybridized carbons (Fsp3) is 0. The van der Waals surface area contributed by atoms with E-state index < -0.39 is 0 Å². The maximum absolute atomic E-state index is 5.62. The van der Waals surface area contributed by atoms with Crippen molar-refractivity contribution in [3.05, 3.63) is 29.3 Å². The molecule has 1 rings (SSSR count). The minimum Gasteiger partial charge on any atom is -0.298 e. The van der Waals surface area contributed by atoms with Gasteiger partial charge in [-0.3, -0.25) is 4.84 Å². The third-order valence-electron chi connectivity index (χ3n) is 0.934. The molecule has 0 aromatic heterocycles. The van der Waals surface area contributed by atoms with Gasteiger partial charge in [-0.1, -0.05) is 17.7 Å². The van der Waals surface area contributed by atoms with Gasteiger partial charge in [0.25, 0.3) is 0 Å². The average Bonchev–Trinajstić information content (AvgIpc) is 1.88. The van der Waals surface area contributed by atoms with Crippen LogP contribution >= 0.6 is 23.4 Å². The Labute approximate surface area is 63.7 Å². The lowest BCUT2D eigenvalue weighted by Gasteiger charge is -1.94. The highest BCUT2D eigenvalue weighted by molar-refractivity contribution is 6.31. The van der Waals surface area contributed by atoms with Crippen LogP contribution in [0.25, 0.3) is 0 Å². The predicted octanol–water partition coefficient (Wildman–Crippen LogP) is 2.91. The normalized spacial score (nSPS) is 9.11. The van der Waals surface area contributed by atoms with E-state index in [0.717, 1.165) is 5.69 Å². The van der Waals surface area contributed by atoms with Gasteiger partial charge in [0.15, 0.2) is 0 Å². The number of anilines is 1. The van der Waals surface area contributed by atoms with Crippen molar-refractivity contribution in [1.82, 2.24) is 0 Å². The van der Waals surface area contributed by atoms with Gasteiger partial charge in [0, 0.05) is 16.8 Å². The Kier molecular flexibility index (Phi) is 2.20. The molecule has 0 fully saturated rings. The molecule has 0 aliphatic heterocycles. The van der Waals surface area contributed by atoms with Gasteiger partial charge in [0.05, 0.1) is 5.69 Å². The molecule has 1 aromatic carbocycles. The summed E-state index contributed by atoms with van der Waals surface area (Å²) in [5.41, 5.74) is 0.809.